The molecule has 0 aliphatic carbocycles. The molecule has 0 saturated carbocycles. The second-order valence-corrected chi connectivity index (χ2v) is 6.91. The van der Waals surface area contributed by atoms with Gasteiger partial charge in [-0.25, -0.2) is 3.63 Å². The van der Waals surface area contributed by atoms with E-state index in [-0.39, 0.29) is 10.5 Å². The Morgan fingerprint density at radius 3 is 1.71 bits per heavy atom. The van der Waals surface area contributed by atoms with Crippen LogP contribution in [0.3, 0.4) is 0 Å². The Bertz CT molecular complexity index is 423. The van der Waals surface area contributed by atoms with Crippen LogP contribution in [0.25, 0.3) is 0 Å². The Balaban J connectivity index is 1.85. The van der Waals surface area contributed by atoms with E-state index in [4.69, 9.17) is 12.5 Å². The summed E-state index contributed by atoms with van der Waals surface area (Å²) in [5, 5.41) is 0.493. The summed E-state index contributed by atoms with van der Waals surface area (Å²) in [7, 11) is 0. The van der Waals surface area contributed by atoms with Gasteiger partial charge in [0, 0.05) is 24.1 Å². The lowest BCUT2D eigenvalue weighted by molar-refractivity contribution is 0.486. The molecular weight excluding hydrogens is 304 g/mol. The molecule has 0 amide bonds. The van der Waals surface area contributed by atoms with Crippen molar-refractivity contribution >= 4 is 24.1 Å². The zero-order chi connectivity index (χ0) is 14.9. The van der Waals surface area contributed by atoms with Crippen molar-refractivity contribution in [2.45, 2.75) is 50.0 Å². The molecule has 0 N–H and O–H groups in total. The van der Waals surface area contributed by atoms with Gasteiger partial charge >= 0.3 is 0 Å². The molecule has 0 radical (unpaired) electrons. The summed E-state index contributed by atoms with van der Waals surface area (Å²) in [4.78, 5) is 0. The minimum Gasteiger partial charge on any atom is -0.468 e. The van der Waals surface area contributed by atoms with Gasteiger partial charge in [0.25, 0.3) is 0 Å². The maximum Gasteiger partial charge on any atom is 0.119 e. The summed E-state index contributed by atoms with van der Waals surface area (Å²) in [6.45, 7) is 4.35. The van der Waals surface area contributed by atoms with Crippen molar-refractivity contribution in [3.05, 3.63) is 48.3 Å². The molecule has 0 aromatic carbocycles. The first-order valence-electron chi connectivity index (χ1n) is 7.40. The molecule has 0 bridgehead atoms. The van der Waals surface area contributed by atoms with Crippen molar-refractivity contribution in [3.8, 4) is 0 Å². The molecule has 2 aromatic rings. The van der Waals surface area contributed by atoms with Crippen molar-refractivity contribution < 1.29 is 12.5 Å². The van der Waals surface area contributed by atoms with E-state index < -0.39 is 0 Å². The minimum absolute atomic E-state index is 0.247. The van der Waals surface area contributed by atoms with Gasteiger partial charge in [-0.3, -0.25) is 0 Å². The summed E-state index contributed by atoms with van der Waals surface area (Å²) in [5.41, 5.74) is 0. The predicted molar refractivity (Wildman–Crippen MR) is 89.0 cm³/mol. The van der Waals surface area contributed by atoms with Gasteiger partial charge in [0.1, 0.15) is 11.5 Å². The Kier molecular flexibility index (Phi) is 7.33. The Hall–Kier alpha value is -0.780. The zero-order valence-corrected chi connectivity index (χ0v) is 14.1. The largest absolute Gasteiger partial charge is 0.468 e. The molecule has 116 valence electrons. The number of hydrogen-bond donors (Lipinski definition) is 0. The van der Waals surface area contributed by atoms with Gasteiger partial charge in [-0.1, -0.05) is 26.7 Å². The molecule has 2 rings (SSSR count). The van der Waals surface area contributed by atoms with E-state index in [2.05, 4.69) is 13.8 Å². The summed E-state index contributed by atoms with van der Waals surface area (Å²) < 4.78 is 16.8. The monoisotopic (exact) mass is 326 g/mol. The standard InChI is InChI=1S/C16H22O3S2/c1-3-7-15(13-9-5-11-17-13)20-19-21-16(8-4-2)14-10-6-12-18-14/h5-6,9-12,15-16H,3-4,7-8H2,1-2H3. The van der Waals surface area contributed by atoms with Crippen LogP contribution in [-0.4, -0.2) is 0 Å². The summed E-state index contributed by atoms with van der Waals surface area (Å²) in [6, 6.07) is 7.87. The van der Waals surface area contributed by atoms with Crippen LogP contribution in [-0.2, 0) is 3.63 Å². The van der Waals surface area contributed by atoms with Crippen LogP contribution in [0.4, 0.5) is 0 Å². The molecular formula is C16H22O3S2. The van der Waals surface area contributed by atoms with Crippen LogP contribution in [0.1, 0.15) is 61.6 Å². The van der Waals surface area contributed by atoms with Crippen LogP contribution in [0, 0.1) is 0 Å². The minimum atomic E-state index is 0.247. The maximum atomic E-state index is 5.82. The molecule has 2 heterocycles. The van der Waals surface area contributed by atoms with Gasteiger partial charge in [0.05, 0.1) is 23.0 Å². The highest BCUT2D eigenvalue weighted by Gasteiger charge is 2.19. The first kappa shape index (κ1) is 16.6. The summed E-state index contributed by atoms with van der Waals surface area (Å²) >= 11 is 2.97. The van der Waals surface area contributed by atoms with Crippen LogP contribution in [0.15, 0.2) is 45.6 Å². The van der Waals surface area contributed by atoms with Crippen molar-refractivity contribution in [1.82, 2.24) is 0 Å². The molecule has 0 spiro atoms. The molecule has 0 fully saturated rings. The Morgan fingerprint density at radius 2 is 1.38 bits per heavy atom. The lowest BCUT2D eigenvalue weighted by Crippen LogP contribution is -1.94. The third-order valence-corrected chi connectivity index (χ3v) is 5.16. The molecule has 2 atom stereocenters. The second kappa shape index (κ2) is 9.28. The maximum absolute atomic E-state index is 5.82. The van der Waals surface area contributed by atoms with Crippen molar-refractivity contribution in [2.24, 2.45) is 0 Å². The van der Waals surface area contributed by atoms with Crippen LogP contribution in [0.5, 0.6) is 0 Å². The quantitative estimate of drug-likeness (QED) is 0.461. The van der Waals surface area contributed by atoms with Crippen LogP contribution >= 0.6 is 24.1 Å². The highest BCUT2D eigenvalue weighted by Crippen LogP contribution is 2.42. The molecule has 2 aromatic heterocycles. The predicted octanol–water partition coefficient (Wildman–Crippen LogP) is 6.57. The van der Waals surface area contributed by atoms with E-state index in [1.165, 1.54) is 24.1 Å². The molecule has 21 heavy (non-hydrogen) atoms. The van der Waals surface area contributed by atoms with Gasteiger partial charge in [0.15, 0.2) is 0 Å². The van der Waals surface area contributed by atoms with Crippen molar-refractivity contribution in [3.63, 3.8) is 0 Å². The summed E-state index contributed by atoms with van der Waals surface area (Å²) in [6.07, 6.45) is 7.71. The second-order valence-electron chi connectivity index (χ2n) is 4.85. The van der Waals surface area contributed by atoms with E-state index >= 15 is 0 Å². The molecule has 3 nitrogen and oxygen atoms in total. The van der Waals surface area contributed by atoms with E-state index in [0.29, 0.717) is 0 Å². The fraction of sp³-hybridized carbons (Fsp3) is 0.500. The van der Waals surface area contributed by atoms with Crippen molar-refractivity contribution in [1.29, 1.82) is 0 Å². The van der Waals surface area contributed by atoms with Gasteiger partial charge in [-0.15, -0.1) is 0 Å². The first-order chi connectivity index (χ1) is 10.3. The van der Waals surface area contributed by atoms with E-state index in [1.54, 1.807) is 12.5 Å². The molecule has 0 aliphatic rings. The average molecular weight is 326 g/mol. The van der Waals surface area contributed by atoms with E-state index in [9.17, 15) is 0 Å². The average Bonchev–Trinajstić information content (AvgIpc) is 3.18. The van der Waals surface area contributed by atoms with E-state index in [1.807, 2.05) is 24.3 Å². The van der Waals surface area contributed by atoms with E-state index in [0.717, 1.165) is 37.2 Å². The fourth-order valence-electron chi connectivity index (χ4n) is 2.07. The van der Waals surface area contributed by atoms with Crippen LogP contribution in [0.2, 0.25) is 0 Å². The smallest absolute Gasteiger partial charge is 0.119 e. The lowest BCUT2D eigenvalue weighted by Gasteiger charge is -2.15. The topological polar surface area (TPSA) is 35.5 Å². The normalized spacial score (nSPS) is 14.2. The highest BCUT2D eigenvalue weighted by molar-refractivity contribution is 8.08. The van der Waals surface area contributed by atoms with Crippen molar-refractivity contribution in [2.75, 3.05) is 0 Å². The third-order valence-electron chi connectivity index (χ3n) is 3.13. The fourth-order valence-corrected chi connectivity index (χ4v) is 4.13. The molecule has 2 unspecified atom stereocenters. The van der Waals surface area contributed by atoms with Gasteiger partial charge in [0.2, 0.25) is 0 Å². The third kappa shape index (κ3) is 5.16. The molecule has 0 saturated heterocycles. The van der Waals surface area contributed by atoms with Gasteiger partial charge in [-0.05, 0) is 37.1 Å². The molecule has 0 aliphatic heterocycles. The molecule has 5 heteroatoms. The summed E-state index contributed by atoms with van der Waals surface area (Å²) in [5.74, 6) is 1.96. The SMILES string of the molecule is CCCC(SOSC(CCC)c1ccco1)c1ccco1. The number of furan rings is 2. The Labute approximate surface area is 135 Å². The Morgan fingerprint density at radius 1 is 0.905 bits per heavy atom. The van der Waals surface area contributed by atoms with Gasteiger partial charge < -0.3 is 8.83 Å². The van der Waals surface area contributed by atoms with Crippen LogP contribution < -0.4 is 0 Å². The zero-order valence-electron chi connectivity index (χ0n) is 12.5. The highest BCUT2D eigenvalue weighted by atomic mass is 32.2. The first-order valence-corrected chi connectivity index (χ1v) is 9.01. The number of rotatable bonds is 10. The van der Waals surface area contributed by atoms with Gasteiger partial charge in [-0.2, -0.15) is 0 Å². The lowest BCUT2D eigenvalue weighted by atomic mass is 10.2. The number of hydrogen-bond acceptors (Lipinski definition) is 5.